The van der Waals surface area contributed by atoms with Crippen LogP contribution in [0.15, 0.2) is 16.8 Å². The van der Waals surface area contributed by atoms with Gasteiger partial charge in [-0.05, 0) is 39.1 Å². The van der Waals surface area contributed by atoms with E-state index in [2.05, 4.69) is 49.8 Å². The van der Waals surface area contributed by atoms with E-state index >= 15 is 0 Å². The van der Waals surface area contributed by atoms with Gasteiger partial charge < -0.3 is 4.90 Å². The molecular formula is C15H22N2OS. The van der Waals surface area contributed by atoms with E-state index in [1.807, 2.05) is 4.90 Å². The maximum absolute atomic E-state index is 12.1. The molecule has 1 aromatic rings. The first kappa shape index (κ1) is 13.1. The molecule has 1 N–H and O–H groups in total. The quantitative estimate of drug-likeness (QED) is 0.922. The van der Waals surface area contributed by atoms with Crippen LogP contribution in [0.4, 0.5) is 0 Å². The lowest BCUT2D eigenvalue weighted by atomic mass is 10.0. The summed E-state index contributed by atoms with van der Waals surface area (Å²) in [5, 5.41) is 7.53. The fourth-order valence-electron chi connectivity index (χ4n) is 3.46. The van der Waals surface area contributed by atoms with Crippen molar-refractivity contribution in [2.24, 2.45) is 16.7 Å². The molecule has 0 bridgehead atoms. The largest absolute Gasteiger partial charge is 0.321 e. The molecule has 0 spiro atoms. The van der Waals surface area contributed by atoms with Crippen LogP contribution in [0.3, 0.4) is 0 Å². The van der Waals surface area contributed by atoms with Gasteiger partial charge in [-0.15, -0.1) is 0 Å². The van der Waals surface area contributed by atoms with Crippen molar-refractivity contribution < 1.29 is 4.79 Å². The van der Waals surface area contributed by atoms with Crippen LogP contribution < -0.4 is 5.32 Å². The van der Waals surface area contributed by atoms with Gasteiger partial charge in [0.05, 0.1) is 6.54 Å². The van der Waals surface area contributed by atoms with E-state index in [0.717, 1.165) is 6.54 Å². The highest BCUT2D eigenvalue weighted by molar-refractivity contribution is 7.07. The Morgan fingerprint density at radius 3 is 2.58 bits per heavy atom. The summed E-state index contributed by atoms with van der Waals surface area (Å²) in [5.74, 6) is 0.819. The third-order valence-corrected chi connectivity index (χ3v) is 6.34. The number of amides is 1. The van der Waals surface area contributed by atoms with Gasteiger partial charge >= 0.3 is 0 Å². The Hall–Kier alpha value is -0.870. The van der Waals surface area contributed by atoms with Crippen LogP contribution in [0, 0.1) is 16.7 Å². The lowest BCUT2D eigenvalue weighted by Crippen LogP contribution is -2.33. The zero-order valence-corrected chi connectivity index (χ0v) is 12.9. The first-order valence-electron chi connectivity index (χ1n) is 6.90. The molecule has 1 amide bonds. The van der Waals surface area contributed by atoms with Gasteiger partial charge in [0.1, 0.15) is 6.17 Å². The molecule has 0 radical (unpaired) electrons. The number of nitrogens with one attached hydrogen (secondary N) is 1. The summed E-state index contributed by atoms with van der Waals surface area (Å²) in [6.07, 6.45) is 0.0750. The number of carbonyl (C=O) groups is 1. The van der Waals surface area contributed by atoms with Crippen molar-refractivity contribution in [3.63, 3.8) is 0 Å². The highest BCUT2D eigenvalue weighted by atomic mass is 32.1. The smallest absolute Gasteiger partial charge is 0.238 e. The highest BCUT2D eigenvalue weighted by Gasteiger charge is 2.65. The SMILES string of the molecule is CC1(C)C(CN2C(=O)CNC2c2ccsc2)C1(C)C. The van der Waals surface area contributed by atoms with E-state index in [9.17, 15) is 4.79 Å². The molecule has 3 rings (SSSR count). The first-order valence-corrected chi connectivity index (χ1v) is 7.85. The van der Waals surface area contributed by atoms with Crippen LogP contribution in [-0.2, 0) is 4.79 Å². The zero-order valence-electron chi connectivity index (χ0n) is 12.1. The second-order valence-electron chi connectivity index (χ2n) is 6.88. The minimum atomic E-state index is 0.0750. The number of rotatable bonds is 3. The predicted molar refractivity (Wildman–Crippen MR) is 77.8 cm³/mol. The van der Waals surface area contributed by atoms with E-state index in [-0.39, 0.29) is 12.1 Å². The molecule has 2 heterocycles. The zero-order chi connectivity index (χ0) is 13.8. The van der Waals surface area contributed by atoms with Crippen LogP contribution in [0.25, 0.3) is 0 Å². The Kier molecular flexibility index (Phi) is 2.81. The number of hydrogen-bond acceptors (Lipinski definition) is 3. The van der Waals surface area contributed by atoms with Crippen LogP contribution in [0.1, 0.15) is 39.4 Å². The molecule has 1 aliphatic heterocycles. The monoisotopic (exact) mass is 278 g/mol. The van der Waals surface area contributed by atoms with Crippen LogP contribution in [0.5, 0.6) is 0 Å². The van der Waals surface area contributed by atoms with Gasteiger partial charge in [0.2, 0.25) is 5.91 Å². The number of nitrogens with zero attached hydrogens (tertiary/aromatic N) is 1. The van der Waals surface area contributed by atoms with Crippen LogP contribution >= 0.6 is 11.3 Å². The molecule has 1 saturated heterocycles. The second-order valence-corrected chi connectivity index (χ2v) is 7.66. The molecule has 1 atom stereocenters. The van der Waals surface area contributed by atoms with Gasteiger partial charge in [0.25, 0.3) is 0 Å². The van der Waals surface area contributed by atoms with Crippen molar-refractivity contribution in [2.75, 3.05) is 13.1 Å². The summed E-state index contributed by atoms with van der Waals surface area (Å²) in [6.45, 7) is 10.6. The van der Waals surface area contributed by atoms with Crippen LogP contribution in [0.2, 0.25) is 0 Å². The van der Waals surface area contributed by atoms with Gasteiger partial charge in [-0.25, -0.2) is 0 Å². The van der Waals surface area contributed by atoms with E-state index in [0.29, 0.717) is 23.3 Å². The van der Waals surface area contributed by atoms with Gasteiger partial charge in [-0.2, -0.15) is 11.3 Å². The van der Waals surface area contributed by atoms with Crippen LogP contribution in [-0.4, -0.2) is 23.9 Å². The molecule has 2 fully saturated rings. The molecule has 3 nitrogen and oxygen atoms in total. The van der Waals surface area contributed by atoms with Gasteiger partial charge in [-0.3, -0.25) is 10.1 Å². The van der Waals surface area contributed by atoms with Gasteiger partial charge in [0, 0.05) is 6.54 Å². The Morgan fingerprint density at radius 1 is 1.37 bits per heavy atom. The molecule has 1 aliphatic carbocycles. The summed E-state index contributed by atoms with van der Waals surface area (Å²) >= 11 is 1.69. The standard InChI is InChI=1S/C15H22N2OS/c1-14(2)11(15(14,3)4)8-17-12(18)7-16-13(17)10-5-6-19-9-10/h5-6,9,11,13,16H,7-8H2,1-4H3. The van der Waals surface area contributed by atoms with Crippen molar-refractivity contribution in [3.05, 3.63) is 22.4 Å². The third kappa shape index (κ3) is 1.84. The average Bonchev–Trinajstić information content (AvgIpc) is 2.82. The maximum atomic E-state index is 12.1. The molecule has 0 aromatic carbocycles. The van der Waals surface area contributed by atoms with Crippen molar-refractivity contribution in [1.82, 2.24) is 10.2 Å². The predicted octanol–water partition coefficient (Wildman–Crippen LogP) is 2.86. The summed E-state index contributed by atoms with van der Waals surface area (Å²) in [4.78, 5) is 14.2. The fraction of sp³-hybridized carbons (Fsp3) is 0.667. The summed E-state index contributed by atoms with van der Waals surface area (Å²) in [6, 6.07) is 2.11. The maximum Gasteiger partial charge on any atom is 0.238 e. The minimum Gasteiger partial charge on any atom is -0.321 e. The molecule has 1 unspecified atom stereocenters. The summed E-state index contributed by atoms with van der Waals surface area (Å²) in [5.41, 5.74) is 1.87. The number of thiophene rings is 1. The Labute approximate surface area is 119 Å². The lowest BCUT2D eigenvalue weighted by molar-refractivity contribution is -0.128. The Balaban J connectivity index is 1.78. The van der Waals surface area contributed by atoms with Crippen molar-refractivity contribution >= 4 is 17.2 Å². The molecule has 19 heavy (non-hydrogen) atoms. The molecule has 4 heteroatoms. The van der Waals surface area contributed by atoms with E-state index < -0.39 is 0 Å². The van der Waals surface area contributed by atoms with Gasteiger partial charge in [0.15, 0.2) is 0 Å². The molecule has 1 saturated carbocycles. The molecule has 2 aliphatic rings. The van der Waals surface area contributed by atoms with E-state index in [1.54, 1.807) is 11.3 Å². The molecule has 104 valence electrons. The van der Waals surface area contributed by atoms with Crippen molar-refractivity contribution in [3.8, 4) is 0 Å². The third-order valence-electron chi connectivity index (χ3n) is 5.64. The topological polar surface area (TPSA) is 32.3 Å². The van der Waals surface area contributed by atoms with Gasteiger partial charge in [-0.1, -0.05) is 27.7 Å². The Bertz CT molecular complexity index is 478. The number of hydrogen-bond donors (Lipinski definition) is 1. The second kappa shape index (κ2) is 4.06. The van der Waals surface area contributed by atoms with E-state index in [1.165, 1.54) is 5.56 Å². The molecule has 1 aromatic heterocycles. The fourth-order valence-corrected chi connectivity index (χ4v) is 4.14. The minimum absolute atomic E-state index is 0.0750. The summed E-state index contributed by atoms with van der Waals surface area (Å²) in [7, 11) is 0. The lowest BCUT2D eigenvalue weighted by Gasteiger charge is -2.24. The highest BCUT2D eigenvalue weighted by Crippen LogP contribution is 2.68. The first-order chi connectivity index (χ1) is 8.85. The number of carbonyl (C=O) groups excluding carboxylic acids is 1. The Morgan fingerprint density at radius 2 is 2.05 bits per heavy atom. The average molecular weight is 278 g/mol. The summed E-state index contributed by atoms with van der Waals surface area (Å²) < 4.78 is 0. The normalized spacial score (nSPS) is 28.9. The van der Waals surface area contributed by atoms with E-state index in [4.69, 9.17) is 0 Å². The molecular weight excluding hydrogens is 256 g/mol. The van der Waals surface area contributed by atoms with Crippen molar-refractivity contribution in [2.45, 2.75) is 33.9 Å². The van der Waals surface area contributed by atoms with Crippen molar-refractivity contribution in [1.29, 1.82) is 0 Å².